The second-order valence-corrected chi connectivity index (χ2v) is 9.76. The molecule has 1 aromatic carbocycles. The smallest absolute Gasteiger partial charge is 0.316 e. The van der Waals surface area contributed by atoms with Gasteiger partial charge in [0.1, 0.15) is 13.2 Å². The van der Waals surface area contributed by atoms with Crippen LogP contribution in [0.3, 0.4) is 0 Å². The molecule has 11 nitrogen and oxygen atoms in total. The summed E-state index contributed by atoms with van der Waals surface area (Å²) in [4.78, 5) is 15.5. The van der Waals surface area contributed by atoms with Gasteiger partial charge in [-0.3, -0.25) is 4.79 Å². The van der Waals surface area contributed by atoms with Crippen LogP contribution in [0.2, 0.25) is 0 Å². The van der Waals surface area contributed by atoms with Gasteiger partial charge in [0.25, 0.3) is 5.88 Å². The molecule has 0 radical (unpaired) electrons. The molecule has 35 heavy (non-hydrogen) atoms. The molecule has 0 atom stereocenters. The maximum atomic E-state index is 13.6. The van der Waals surface area contributed by atoms with Crippen molar-refractivity contribution < 1.29 is 27.4 Å². The third-order valence-electron chi connectivity index (χ3n) is 5.37. The van der Waals surface area contributed by atoms with Gasteiger partial charge in [0.2, 0.25) is 15.8 Å². The third-order valence-corrected chi connectivity index (χ3v) is 6.67. The first-order valence-corrected chi connectivity index (χ1v) is 13.6. The van der Waals surface area contributed by atoms with Crippen LogP contribution < -0.4 is 19.9 Å². The Labute approximate surface area is 206 Å². The fourth-order valence-corrected chi connectivity index (χ4v) is 4.49. The van der Waals surface area contributed by atoms with E-state index < -0.39 is 15.6 Å². The molecule has 0 N–H and O–H groups in total. The van der Waals surface area contributed by atoms with Crippen molar-refractivity contribution in [1.82, 2.24) is 14.1 Å². The molecule has 194 valence electrons. The standard InChI is InChI=1S/C23H34N4O7S/c1-4-31-15-17-33-21-20(25-11-13-26(14-12-25)35(3,29)30)22(34-18-16-32-5-2)24-27(23(21)28)19-9-7-6-8-10-19/h6-10H,4-5,11-18H2,1-3H3. The van der Waals surface area contributed by atoms with Crippen molar-refractivity contribution in [1.29, 1.82) is 0 Å². The fraction of sp³-hybridized carbons (Fsp3) is 0.565. The van der Waals surface area contributed by atoms with Gasteiger partial charge in [0.15, 0.2) is 5.69 Å². The van der Waals surface area contributed by atoms with Crippen LogP contribution in [0.4, 0.5) is 5.69 Å². The van der Waals surface area contributed by atoms with Crippen LogP contribution in [-0.4, -0.2) is 94.6 Å². The zero-order valence-electron chi connectivity index (χ0n) is 20.5. The van der Waals surface area contributed by atoms with Crippen molar-refractivity contribution >= 4 is 15.7 Å². The summed E-state index contributed by atoms with van der Waals surface area (Å²) in [5.74, 6) is 0.301. The van der Waals surface area contributed by atoms with Gasteiger partial charge in [-0.15, -0.1) is 5.10 Å². The van der Waals surface area contributed by atoms with Gasteiger partial charge in [-0.05, 0) is 26.0 Å². The maximum absolute atomic E-state index is 13.6. The number of sulfonamides is 1. The molecule has 1 saturated heterocycles. The van der Waals surface area contributed by atoms with Crippen LogP contribution in [-0.2, 0) is 19.5 Å². The molecule has 0 unspecified atom stereocenters. The minimum absolute atomic E-state index is 0.0859. The van der Waals surface area contributed by atoms with Gasteiger partial charge in [-0.25, -0.2) is 8.42 Å². The van der Waals surface area contributed by atoms with Gasteiger partial charge in [0, 0.05) is 39.4 Å². The number of para-hydroxylation sites is 1. The molecule has 0 bridgehead atoms. The molecule has 1 aliphatic heterocycles. The summed E-state index contributed by atoms with van der Waals surface area (Å²) in [6, 6.07) is 9.02. The molecule has 0 saturated carbocycles. The minimum atomic E-state index is -3.31. The van der Waals surface area contributed by atoms with Gasteiger partial charge < -0.3 is 23.8 Å². The first kappa shape index (κ1) is 26.9. The Morgan fingerprint density at radius 2 is 1.49 bits per heavy atom. The molecule has 3 rings (SSSR count). The van der Waals surface area contributed by atoms with Crippen LogP contribution in [0, 0.1) is 0 Å². The highest BCUT2D eigenvalue weighted by Gasteiger charge is 2.30. The SMILES string of the molecule is CCOCCOc1nn(-c2ccccc2)c(=O)c(OCCOCC)c1N1CCN(S(C)(=O)=O)CC1. The van der Waals surface area contributed by atoms with Crippen molar-refractivity contribution in [2.45, 2.75) is 13.8 Å². The highest BCUT2D eigenvalue weighted by atomic mass is 32.2. The van der Waals surface area contributed by atoms with E-state index in [0.29, 0.717) is 50.9 Å². The van der Waals surface area contributed by atoms with Gasteiger partial charge in [-0.2, -0.15) is 8.99 Å². The van der Waals surface area contributed by atoms with Crippen molar-refractivity contribution in [3.05, 3.63) is 40.7 Å². The number of hydrogen-bond acceptors (Lipinski definition) is 9. The van der Waals surface area contributed by atoms with Crippen LogP contribution >= 0.6 is 0 Å². The molecular formula is C23H34N4O7S. The number of aromatic nitrogens is 2. The van der Waals surface area contributed by atoms with Crippen molar-refractivity contribution in [3.8, 4) is 17.3 Å². The predicted molar refractivity (Wildman–Crippen MR) is 132 cm³/mol. The van der Waals surface area contributed by atoms with E-state index in [1.54, 1.807) is 12.1 Å². The highest BCUT2D eigenvalue weighted by Crippen LogP contribution is 2.35. The molecule has 2 aromatic rings. The van der Waals surface area contributed by atoms with E-state index in [2.05, 4.69) is 5.10 Å². The van der Waals surface area contributed by atoms with Crippen molar-refractivity contribution in [2.24, 2.45) is 0 Å². The molecule has 0 spiro atoms. The second-order valence-electron chi connectivity index (χ2n) is 7.78. The van der Waals surface area contributed by atoms with E-state index in [9.17, 15) is 13.2 Å². The van der Waals surface area contributed by atoms with Gasteiger partial charge >= 0.3 is 5.56 Å². The number of rotatable bonds is 13. The Balaban J connectivity index is 2.04. The number of nitrogens with zero attached hydrogens (tertiary/aromatic N) is 4. The summed E-state index contributed by atoms with van der Waals surface area (Å²) >= 11 is 0. The summed E-state index contributed by atoms with van der Waals surface area (Å²) in [6.45, 7) is 7.16. The van der Waals surface area contributed by atoms with Gasteiger partial charge in [-0.1, -0.05) is 18.2 Å². The van der Waals surface area contributed by atoms with Crippen molar-refractivity contribution in [3.63, 3.8) is 0 Å². The first-order chi connectivity index (χ1) is 16.9. The summed E-state index contributed by atoms with van der Waals surface area (Å²) in [6.07, 6.45) is 1.19. The Morgan fingerprint density at radius 3 is 2.06 bits per heavy atom. The zero-order valence-corrected chi connectivity index (χ0v) is 21.3. The second kappa shape index (κ2) is 12.9. The Bertz CT molecular complexity index is 1100. The highest BCUT2D eigenvalue weighted by molar-refractivity contribution is 7.88. The number of benzene rings is 1. The molecule has 0 amide bonds. The first-order valence-electron chi connectivity index (χ1n) is 11.7. The fourth-order valence-electron chi connectivity index (χ4n) is 3.66. The van der Waals surface area contributed by atoms with Gasteiger partial charge in [0.05, 0.1) is 25.2 Å². The Hall–Kier alpha value is -2.67. The van der Waals surface area contributed by atoms with E-state index in [1.807, 2.05) is 36.9 Å². The molecule has 1 aromatic heterocycles. The molecular weight excluding hydrogens is 476 g/mol. The number of anilines is 1. The van der Waals surface area contributed by atoms with Crippen LogP contribution in [0.25, 0.3) is 5.69 Å². The van der Waals surface area contributed by atoms with Crippen LogP contribution in [0.15, 0.2) is 35.1 Å². The normalized spacial score (nSPS) is 14.8. The van der Waals surface area contributed by atoms with E-state index in [1.165, 1.54) is 15.2 Å². The lowest BCUT2D eigenvalue weighted by Crippen LogP contribution is -2.49. The Morgan fingerprint density at radius 1 is 0.886 bits per heavy atom. The molecule has 12 heteroatoms. The lowest BCUT2D eigenvalue weighted by molar-refractivity contribution is 0.105. The zero-order chi connectivity index (χ0) is 25.3. The van der Waals surface area contributed by atoms with E-state index >= 15 is 0 Å². The summed E-state index contributed by atoms with van der Waals surface area (Å²) in [5.41, 5.74) is 0.531. The average Bonchev–Trinajstić information content (AvgIpc) is 2.85. The van der Waals surface area contributed by atoms with Crippen LogP contribution in [0.1, 0.15) is 13.8 Å². The minimum Gasteiger partial charge on any atom is -0.484 e. The molecule has 0 aliphatic carbocycles. The van der Waals surface area contributed by atoms with E-state index in [-0.39, 0.29) is 37.9 Å². The third kappa shape index (κ3) is 7.17. The summed E-state index contributed by atoms with van der Waals surface area (Å²) in [5, 5.41) is 4.53. The monoisotopic (exact) mass is 510 g/mol. The van der Waals surface area contributed by atoms with E-state index in [4.69, 9.17) is 18.9 Å². The van der Waals surface area contributed by atoms with Crippen LogP contribution in [0.5, 0.6) is 11.6 Å². The summed E-state index contributed by atoms with van der Waals surface area (Å²) < 4.78 is 49.4. The quantitative estimate of drug-likeness (QED) is 0.366. The summed E-state index contributed by atoms with van der Waals surface area (Å²) in [7, 11) is -3.31. The lowest BCUT2D eigenvalue weighted by Gasteiger charge is -2.35. The van der Waals surface area contributed by atoms with E-state index in [0.717, 1.165) is 0 Å². The molecule has 2 heterocycles. The number of hydrogen-bond donors (Lipinski definition) is 0. The van der Waals surface area contributed by atoms with Crippen molar-refractivity contribution in [2.75, 3.05) is 77.0 Å². The maximum Gasteiger partial charge on any atom is 0.316 e. The average molecular weight is 511 g/mol. The Kier molecular flexibility index (Phi) is 9.90. The number of ether oxygens (including phenoxy) is 4. The predicted octanol–water partition coefficient (Wildman–Crippen LogP) is 1.14. The molecule has 1 fully saturated rings. The largest absolute Gasteiger partial charge is 0.484 e. The topological polar surface area (TPSA) is 112 Å². The molecule has 1 aliphatic rings. The number of piperazine rings is 1. The lowest BCUT2D eigenvalue weighted by atomic mass is 10.2.